The zero-order valence-electron chi connectivity index (χ0n) is 13.8. The summed E-state index contributed by atoms with van der Waals surface area (Å²) in [5.74, 6) is -0.220. The van der Waals surface area contributed by atoms with Gasteiger partial charge in [0.25, 0.3) is 10.2 Å². The van der Waals surface area contributed by atoms with Crippen LogP contribution in [0.2, 0.25) is 0 Å². The predicted molar refractivity (Wildman–Crippen MR) is 83.1 cm³/mol. The lowest BCUT2D eigenvalue weighted by atomic mass is 10.3. The number of nitrogens with zero attached hydrogens (tertiary/aromatic N) is 2. The van der Waals surface area contributed by atoms with Crippen LogP contribution in [-0.4, -0.2) is 55.8 Å². The van der Waals surface area contributed by atoms with E-state index in [1.807, 2.05) is 0 Å². The van der Waals surface area contributed by atoms with Gasteiger partial charge in [0.05, 0.1) is 12.2 Å². The fourth-order valence-electron chi connectivity index (χ4n) is 2.39. The quantitative estimate of drug-likeness (QED) is 0.805. The molecule has 11 heteroatoms. The molecule has 0 aliphatic carbocycles. The fourth-order valence-corrected chi connectivity index (χ4v) is 3.73. The third-order valence-electron chi connectivity index (χ3n) is 3.37. The van der Waals surface area contributed by atoms with E-state index in [4.69, 9.17) is 4.74 Å². The smallest absolute Gasteiger partial charge is 0.422 e. The molecule has 0 saturated carbocycles. The summed E-state index contributed by atoms with van der Waals surface area (Å²) in [6.45, 7) is 2.48. The highest BCUT2D eigenvalue weighted by molar-refractivity contribution is 7.87. The van der Waals surface area contributed by atoms with Gasteiger partial charge in [-0.1, -0.05) is 0 Å². The molecule has 2 rings (SSSR count). The van der Waals surface area contributed by atoms with Crippen molar-refractivity contribution in [2.24, 2.45) is 0 Å². The number of ether oxygens (including phenoxy) is 2. The topological polar surface area (TPSA) is 80.8 Å². The van der Waals surface area contributed by atoms with E-state index in [-0.39, 0.29) is 37.7 Å². The average Bonchev–Trinajstić information content (AvgIpc) is 2.50. The van der Waals surface area contributed by atoms with E-state index in [1.165, 1.54) is 22.6 Å². The maximum Gasteiger partial charge on any atom is 0.422 e. The van der Waals surface area contributed by atoms with Gasteiger partial charge >= 0.3 is 6.18 Å². The number of rotatable bonds is 6. The maximum absolute atomic E-state index is 12.4. The lowest BCUT2D eigenvalue weighted by Crippen LogP contribution is -2.51. The Hall–Kier alpha value is -1.43. The molecule has 0 radical (unpaired) electrons. The van der Waals surface area contributed by atoms with Gasteiger partial charge in [-0.05, 0) is 25.5 Å². The summed E-state index contributed by atoms with van der Waals surface area (Å²) in [6.07, 6.45) is -3.65. The van der Waals surface area contributed by atoms with Crippen LogP contribution in [0.4, 0.5) is 13.2 Å². The minimum Gasteiger partial charge on any atom is -0.468 e. The molecule has 25 heavy (non-hydrogen) atoms. The van der Waals surface area contributed by atoms with E-state index in [2.05, 4.69) is 14.4 Å². The van der Waals surface area contributed by atoms with Gasteiger partial charge in [-0.15, -0.1) is 0 Å². The van der Waals surface area contributed by atoms with E-state index in [0.717, 1.165) is 0 Å². The van der Waals surface area contributed by atoms with Crippen LogP contribution in [0.15, 0.2) is 18.3 Å². The van der Waals surface area contributed by atoms with Crippen molar-refractivity contribution in [2.75, 3.05) is 19.7 Å². The van der Waals surface area contributed by atoms with Crippen LogP contribution >= 0.6 is 0 Å². The number of pyridine rings is 1. The van der Waals surface area contributed by atoms with Crippen LogP contribution < -0.4 is 9.46 Å². The molecule has 0 spiro atoms. The van der Waals surface area contributed by atoms with Crippen LogP contribution in [0.3, 0.4) is 0 Å². The molecule has 2 atom stereocenters. The first-order valence-electron chi connectivity index (χ1n) is 7.60. The first-order chi connectivity index (χ1) is 11.5. The summed E-state index contributed by atoms with van der Waals surface area (Å²) in [5, 5.41) is 0. The molecule has 1 N–H and O–H groups in total. The van der Waals surface area contributed by atoms with Crippen molar-refractivity contribution in [3.8, 4) is 5.88 Å². The van der Waals surface area contributed by atoms with Crippen LogP contribution in [0.25, 0.3) is 0 Å². The summed E-state index contributed by atoms with van der Waals surface area (Å²) in [7, 11) is -3.73. The highest BCUT2D eigenvalue weighted by Crippen LogP contribution is 2.18. The van der Waals surface area contributed by atoms with Crippen molar-refractivity contribution in [3.63, 3.8) is 0 Å². The van der Waals surface area contributed by atoms with E-state index in [1.54, 1.807) is 13.8 Å². The molecule has 0 amide bonds. The van der Waals surface area contributed by atoms with E-state index in [0.29, 0.717) is 5.56 Å². The van der Waals surface area contributed by atoms with Crippen molar-refractivity contribution >= 4 is 10.2 Å². The molecule has 1 aromatic heterocycles. The number of alkyl halides is 3. The lowest BCUT2D eigenvalue weighted by Gasteiger charge is -2.34. The van der Waals surface area contributed by atoms with Gasteiger partial charge in [-0.2, -0.15) is 30.6 Å². The van der Waals surface area contributed by atoms with Crippen molar-refractivity contribution in [1.29, 1.82) is 0 Å². The van der Waals surface area contributed by atoms with E-state index >= 15 is 0 Å². The molecular formula is C14H20F3N3O4S. The van der Waals surface area contributed by atoms with Gasteiger partial charge in [0.2, 0.25) is 5.88 Å². The van der Waals surface area contributed by atoms with Crippen LogP contribution in [0.5, 0.6) is 5.88 Å². The standard InChI is InChI=1S/C14H20F3N3O4S/c1-10-7-20(8-11(2)24-10)25(21,22)19-6-12-3-4-18-13(5-12)23-9-14(15,16)17/h3-5,10-11,19H,6-9H2,1-2H3. The summed E-state index contributed by atoms with van der Waals surface area (Å²) in [6, 6.07) is 2.76. The third kappa shape index (κ3) is 6.42. The maximum atomic E-state index is 12.4. The van der Waals surface area contributed by atoms with Crippen molar-refractivity contribution in [3.05, 3.63) is 23.9 Å². The number of aromatic nitrogens is 1. The van der Waals surface area contributed by atoms with Gasteiger partial charge in [0.15, 0.2) is 6.61 Å². The third-order valence-corrected chi connectivity index (χ3v) is 4.85. The number of morpholine rings is 1. The molecule has 1 aliphatic heterocycles. The molecule has 1 fully saturated rings. The molecule has 0 aromatic carbocycles. The fraction of sp³-hybridized carbons (Fsp3) is 0.643. The van der Waals surface area contributed by atoms with E-state index in [9.17, 15) is 21.6 Å². The zero-order valence-corrected chi connectivity index (χ0v) is 14.6. The minimum absolute atomic E-state index is 0.0899. The summed E-state index contributed by atoms with van der Waals surface area (Å²) in [4.78, 5) is 3.67. The van der Waals surface area contributed by atoms with Crippen LogP contribution in [-0.2, 0) is 21.5 Å². The van der Waals surface area contributed by atoms with Gasteiger partial charge < -0.3 is 9.47 Å². The number of hydrogen-bond acceptors (Lipinski definition) is 5. The Bertz CT molecular complexity index is 674. The second-order valence-electron chi connectivity index (χ2n) is 5.81. The molecule has 2 heterocycles. The molecule has 2 unspecified atom stereocenters. The Balaban J connectivity index is 1.96. The summed E-state index contributed by atoms with van der Waals surface area (Å²) in [5.41, 5.74) is 0.435. The molecule has 1 aliphatic rings. The number of halogens is 3. The van der Waals surface area contributed by atoms with Crippen molar-refractivity contribution in [1.82, 2.24) is 14.0 Å². The van der Waals surface area contributed by atoms with Crippen molar-refractivity contribution < 1.29 is 31.1 Å². The van der Waals surface area contributed by atoms with Gasteiger partial charge in [0, 0.05) is 31.9 Å². The molecule has 0 bridgehead atoms. The van der Waals surface area contributed by atoms with Crippen LogP contribution in [0.1, 0.15) is 19.4 Å². The summed E-state index contributed by atoms with van der Waals surface area (Å²) >= 11 is 0. The number of hydrogen-bond donors (Lipinski definition) is 1. The average molecular weight is 383 g/mol. The Labute approximate surface area is 144 Å². The molecular weight excluding hydrogens is 363 g/mol. The normalized spacial score (nSPS) is 22.8. The van der Waals surface area contributed by atoms with Gasteiger partial charge in [-0.25, -0.2) is 4.98 Å². The first kappa shape index (κ1) is 19.9. The Morgan fingerprint density at radius 1 is 1.36 bits per heavy atom. The Kier molecular flexibility index (Phi) is 6.25. The van der Waals surface area contributed by atoms with Crippen molar-refractivity contribution in [2.45, 2.75) is 38.8 Å². The monoisotopic (exact) mass is 383 g/mol. The largest absolute Gasteiger partial charge is 0.468 e. The van der Waals surface area contributed by atoms with Crippen LogP contribution in [0, 0.1) is 0 Å². The molecule has 1 aromatic rings. The van der Waals surface area contributed by atoms with Gasteiger partial charge in [-0.3, -0.25) is 0 Å². The SMILES string of the molecule is CC1CN(S(=O)(=O)NCc2ccnc(OCC(F)(F)F)c2)CC(C)O1. The second-order valence-corrected chi connectivity index (χ2v) is 7.56. The first-order valence-corrected chi connectivity index (χ1v) is 9.04. The minimum atomic E-state index is -4.47. The lowest BCUT2D eigenvalue weighted by molar-refractivity contribution is -0.154. The molecule has 1 saturated heterocycles. The Morgan fingerprint density at radius 2 is 2.00 bits per heavy atom. The number of nitrogens with one attached hydrogen (secondary N) is 1. The van der Waals surface area contributed by atoms with E-state index < -0.39 is 23.0 Å². The molecule has 7 nitrogen and oxygen atoms in total. The Morgan fingerprint density at radius 3 is 2.60 bits per heavy atom. The highest BCUT2D eigenvalue weighted by Gasteiger charge is 2.31. The zero-order chi connectivity index (χ0) is 18.7. The highest BCUT2D eigenvalue weighted by atomic mass is 32.2. The predicted octanol–water partition coefficient (Wildman–Crippen LogP) is 1.47. The summed E-state index contributed by atoms with van der Waals surface area (Å²) < 4.78 is 74.9. The molecule has 142 valence electrons. The second kappa shape index (κ2) is 7.85. The van der Waals surface area contributed by atoms with Gasteiger partial charge in [0.1, 0.15) is 0 Å².